The molecule has 26 heavy (non-hydrogen) atoms. The van der Waals surface area contributed by atoms with Crippen molar-refractivity contribution in [2.75, 3.05) is 6.61 Å². The lowest BCUT2D eigenvalue weighted by Crippen LogP contribution is -2.36. The number of nitrogens with zero attached hydrogens (tertiary/aromatic N) is 3. The number of rotatable bonds is 4. The van der Waals surface area contributed by atoms with Crippen LogP contribution >= 0.6 is 34.2 Å². The Labute approximate surface area is 169 Å². The van der Waals surface area contributed by atoms with Gasteiger partial charge in [-0.15, -0.1) is 0 Å². The van der Waals surface area contributed by atoms with Crippen LogP contribution in [0.5, 0.6) is 0 Å². The van der Waals surface area contributed by atoms with E-state index < -0.39 is 12.0 Å². The minimum Gasteiger partial charge on any atom is -0.464 e. The molecule has 0 aliphatic carbocycles. The molecule has 1 aromatic heterocycles. The third-order valence-corrected chi connectivity index (χ3v) is 5.81. The molecule has 1 aromatic carbocycles. The highest BCUT2D eigenvalue weighted by Gasteiger charge is 2.42. The van der Waals surface area contributed by atoms with Crippen LogP contribution in [0.4, 0.5) is 0 Å². The van der Waals surface area contributed by atoms with E-state index in [9.17, 15) is 9.59 Å². The molecule has 0 spiro atoms. The molecule has 136 valence electrons. The summed E-state index contributed by atoms with van der Waals surface area (Å²) in [6.45, 7) is 3.17. The molecule has 1 atom stereocenters. The highest BCUT2D eigenvalue weighted by Crippen LogP contribution is 2.37. The number of imidazole rings is 1. The number of benzene rings is 1. The van der Waals surface area contributed by atoms with Gasteiger partial charge in [-0.25, -0.2) is 9.78 Å². The number of carbonyl (C=O) groups is 2. The Morgan fingerprint density at radius 1 is 1.46 bits per heavy atom. The number of ether oxygens (including phenoxy) is 1. The van der Waals surface area contributed by atoms with E-state index in [1.165, 1.54) is 4.90 Å². The second-order valence-electron chi connectivity index (χ2n) is 6.37. The van der Waals surface area contributed by atoms with Gasteiger partial charge in [0.2, 0.25) is 0 Å². The van der Waals surface area contributed by atoms with Gasteiger partial charge >= 0.3 is 5.97 Å². The predicted octanol–water partition coefficient (Wildman–Crippen LogP) is 3.35. The molecule has 0 unspecified atom stereocenters. The molecule has 2 aliphatic heterocycles. The van der Waals surface area contributed by atoms with Gasteiger partial charge in [0.25, 0.3) is 5.91 Å². The molecule has 8 heteroatoms. The molecule has 0 N–H and O–H groups in total. The summed E-state index contributed by atoms with van der Waals surface area (Å²) >= 11 is 8.48. The Morgan fingerprint density at radius 3 is 3.04 bits per heavy atom. The monoisotopic (exact) mass is 485 g/mol. The van der Waals surface area contributed by atoms with Crippen LogP contribution in [0.2, 0.25) is 5.02 Å². The van der Waals surface area contributed by atoms with E-state index >= 15 is 0 Å². The van der Waals surface area contributed by atoms with Crippen LogP contribution in [0.3, 0.4) is 0 Å². The molecular formula is C18H17ClIN3O3. The Morgan fingerprint density at radius 2 is 2.27 bits per heavy atom. The van der Waals surface area contributed by atoms with Gasteiger partial charge in [0, 0.05) is 38.5 Å². The molecule has 0 bridgehead atoms. The Hall–Kier alpha value is -1.61. The number of aromatic nitrogens is 2. The summed E-state index contributed by atoms with van der Waals surface area (Å²) in [6, 6.07) is 2.79. The average molecular weight is 486 g/mol. The second-order valence-corrected chi connectivity index (χ2v) is 8.03. The number of hydrogen-bond donors (Lipinski definition) is 0. The molecule has 0 saturated carbocycles. The zero-order valence-electron chi connectivity index (χ0n) is 14.2. The van der Waals surface area contributed by atoms with Gasteiger partial charge in [0.15, 0.2) is 6.04 Å². The fourth-order valence-corrected chi connectivity index (χ4v) is 4.79. The summed E-state index contributed by atoms with van der Waals surface area (Å²) in [6.07, 6.45) is 3.60. The van der Waals surface area contributed by atoms with Crippen molar-refractivity contribution in [1.82, 2.24) is 14.5 Å². The fraction of sp³-hybridized carbons (Fsp3) is 0.389. The standard InChI is InChI=1S/C18H17ClIN3O3/c1-2-26-18(25)16(15-14-4-3-5-22(14)9-21-15)23-8-12-11(17(23)24)6-10(20)7-13(12)19/h6-7,9,16H,2-5,8H2,1H3/t16-/m1/s1. The van der Waals surface area contributed by atoms with Gasteiger partial charge in [0.05, 0.1) is 18.6 Å². The normalized spacial score (nSPS) is 16.6. The number of carbonyl (C=O) groups excluding carboxylic acids is 2. The van der Waals surface area contributed by atoms with Crippen LogP contribution in [-0.2, 0) is 29.0 Å². The number of halogens is 2. The Kier molecular flexibility index (Phi) is 4.68. The molecule has 0 radical (unpaired) electrons. The van der Waals surface area contributed by atoms with Gasteiger partial charge in [-0.2, -0.15) is 0 Å². The summed E-state index contributed by atoms with van der Waals surface area (Å²) in [5.41, 5.74) is 2.93. The van der Waals surface area contributed by atoms with Crippen molar-refractivity contribution in [1.29, 1.82) is 0 Å². The van der Waals surface area contributed by atoms with Crippen LogP contribution in [0.25, 0.3) is 0 Å². The smallest absolute Gasteiger partial charge is 0.335 e. The largest absolute Gasteiger partial charge is 0.464 e. The van der Waals surface area contributed by atoms with E-state index in [1.54, 1.807) is 13.3 Å². The molecule has 3 heterocycles. The summed E-state index contributed by atoms with van der Waals surface area (Å²) in [5, 5.41) is 0.542. The molecule has 6 nitrogen and oxygen atoms in total. The van der Waals surface area contributed by atoms with E-state index in [1.807, 2.05) is 16.7 Å². The number of hydrogen-bond acceptors (Lipinski definition) is 4. The molecule has 4 rings (SSSR count). The van der Waals surface area contributed by atoms with Crippen LogP contribution in [-0.4, -0.2) is 32.9 Å². The number of amides is 1. The number of fused-ring (bicyclic) bond motifs is 2. The molecular weight excluding hydrogens is 469 g/mol. The minimum absolute atomic E-state index is 0.210. The molecule has 2 aliphatic rings. The van der Waals surface area contributed by atoms with Gasteiger partial charge < -0.3 is 14.2 Å². The third kappa shape index (κ3) is 2.81. The maximum Gasteiger partial charge on any atom is 0.335 e. The van der Waals surface area contributed by atoms with Crippen molar-refractivity contribution in [3.63, 3.8) is 0 Å². The first-order chi connectivity index (χ1) is 12.5. The van der Waals surface area contributed by atoms with Gasteiger partial charge in [-0.1, -0.05) is 11.6 Å². The summed E-state index contributed by atoms with van der Waals surface area (Å²) in [5.74, 6) is -0.661. The quantitative estimate of drug-likeness (QED) is 0.492. The van der Waals surface area contributed by atoms with Crippen LogP contribution in [0.15, 0.2) is 18.5 Å². The van der Waals surface area contributed by atoms with Gasteiger partial charge in [0.1, 0.15) is 0 Å². The fourth-order valence-electron chi connectivity index (χ4n) is 3.70. The average Bonchev–Trinajstić information content (AvgIpc) is 3.26. The first-order valence-electron chi connectivity index (χ1n) is 8.50. The maximum atomic E-state index is 13.1. The second kappa shape index (κ2) is 6.84. The van der Waals surface area contributed by atoms with E-state index in [2.05, 4.69) is 27.6 Å². The summed E-state index contributed by atoms with van der Waals surface area (Å²) < 4.78 is 8.22. The predicted molar refractivity (Wildman–Crippen MR) is 104 cm³/mol. The van der Waals surface area contributed by atoms with E-state index in [0.717, 1.165) is 34.2 Å². The topological polar surface area (TPSA) is 64.4 Å². The van der Waals surface area contributed by atoms with Crippen molar-refractivity contribution in [2.24, 2.45) is 0 Å². The maximum absolute atomic E-state index is 13.1. The Bertz CT molecular complexity index is 911. The SMILES string of the molecule is CCOC(=O)[C@@H](c1ncn2c1CCC2)N1Cc2c(Cl)cc(I)cc2C1=O. The van der Waals surface area contributed by atoms with E-state index in [-0.39, 0.29) is 19.1 Å². The first kappa shape index (κ1) is 17.8. The van der Waals surface area contributed by atoms with Crippen molar-refractivity contribution >= 4 is 46.1 Å². The molecule has 0 fully saturated rings. The zero-order chi connectivity index (χ0) is 18.4. The molecule has 1 amide bonds. The lowest BCUT2D eigenvalue weighted by atomic mass is 10.1. The first-order valence-corrected chi connectivity index (χ1v) is 9.96. The zero-order valence-corrected chi connectivity index (χ0v) is 17.1. The molecule has 0 saturated heterocycles. The van der Waals surface area contributed by atoms with Gasteiger partial charge in [-0.05, 0) is 54.5 Å². The Balaban J connectivity index is 1.77. The van der Waals surface area contributed by atoms with Crippen molar-refractivity contribution in [2.45, 2.75) is 38.9 Å². The van der Waals surface area contributed by atoms with Crippen LogP contribution in [0, 0.1) is 3.57 Å². The van der Waals surface area contributed by atoms with E-state index in [0.29, 0.717) is 16.3 Å². The highest BCUT2D eigenvalue weighted by molar-refractivity contribution is 14.1. The highest BCUT2D eigenvalue weighted by atomic mass is 127. The van der Waals surface area contributed by atoms with Crippen LogP contribution in [0.1, 0.15) is 46.7 Å². The van der Waals surface area contributed by atoms with Crippen LogP contribution < -0.4 is 0 Å². The number of esters is 1. The van der Waals surface area contributed by atoms with E-state index in [4.69, 9.17) is 16.3 Å². The van der Waals surface area contributed by atoms with Gasteiger partial charge in [-0.3, -0.25) is 4.79 Å². The summed E-state index contributed by atoms with van der Waals surface area (Å²) in [4.78, 5) is 31.8. The third-order valence-electron chi connectivity index (χ3n) is 4.85. The van der Waals surface area contributed by atoms with Crippen molar-refractivity contribution in [3.8, 4) is 0 Å². The lowest BCUT2D eigenvalue weighted by molar-refractivity contribution is -0.149. The number of aryl methyl sites for hydroxylation is 1. The minimum atomic E-state index is -0.849. The lowest BCUT2D eigenvalue weighted by Gasteiger charge is -2.25. The summed E-state index contributed by atoms with van der Waals surface area (Å²) in [7, 11) is 0. The van der Waals surface area contributed by atoms with Crippen molar-refractivity contribution < 1.29 is 14.3 Å². The molecule has 2 aromatic rings. The van der Waals surface area contributed by atoms with Crippen molar-refractivity contribution in [3.05, 3.63) is 49.6 Å².